The second-order valence-corrected chi connectivity index (χ2v) is 9.08. The van der Waals surface area contributed by atoms with Crippen LogP contribution >= 0.6 is 0 Å². The summed E-state index contributed by atoms with van der Waals surface area (Å²) in [5, 5.41) is 3.53. The van der Waals surface area contributed by atoms with Gasteiger partial charge >= 0.3 is 0 Å². The van der Waals surface area contributed by atoms with Crippen LogP contribution in [-0.4, -0.2) is 29.4 Å². The number of fused-ring (bicyclic) bond motifs is 3. The van der Waals surface area contributed by atoms with E-state index in [-0.39, 0.29) is 17.5 Å². The van der Waals surface area contributed by atoms with Gasteiger partial charge in [-0.1, -0.05) is 55.5 Å². The van der Waals surface area contributed by atoms with Gasteiger partial charge < -0.3 is 5.32 Å². The Morgan fingerprint density at radius 1 is 1.07 bits per heavy atom. The maximum absolute atomic E-state index is 13.5. The number of hydrogen-bond acceptors (Lipinski definition) is 2. The van der Waals surface area contributed by atoms with Crippen LogP contribution in [0.4, 0.5) is 0 Å². The summed E-state index contributed by atoms with van der Waals surface area (Å²) in [7, 11) is 0. The fraction of sp³-hybridized carbons (Fsp3) is 0.500. The standard InChI is InChI=1S/C26H34N2O/c1-4-17-28-18-21-13-15-26(28,16-14-21)24(22-11-6-5-7-12-22)27-25(29)23-19(2)9-8-10-20(23)3/h5-12,21,24H,4,13-18H2,1-3H3,(H,27,29)/t21?,24-,26?/m1/s1. The van der Waals surface area contributed by atoms with Crippen LogP contribution in [0.2, 0.25) is 0 Å². The van der Waals surface area contributed by atoms with E-state index in [4.69, 9.17) is 0 Å². The van der Waals surface area contributed by atoms with Crippen molar-refractivity contribution in [2.45, 2.75) is 64.5 Å². The molecule has 3 aliphatic rings. The molecule has 0 aromatic heterocycles. The average Bonchev–Trinajstić information content (AvgIpc) is 2.74. The predicted octanol–water partition coefficient (Wildman–Crippen LogP) is 5.43. The molecule has 0 radical (unpaired) electrons. The van der Waals surface area contributed by atoms with Crippen LogP contribution in [0.1, 0.15) is 72.1 Å². The summed E-state index contributed by atoms with van der Waals surface area (Å²) in [6, 6.07) is 16.8. The Morgan fingerprint density at radius 2 is 1.72 bits per heavy atom. The third-order valence-corrected chi connectivity index (χ3v) is 7.23. The van der Waals surface area contributed by atoms with Gasteiger partial charge in [-0.2, -0.15) is 0 Å². The third kappa shape index (κ3) is 3.73. The highest BCUT2D eigenvalue weighted by Crippen LogP contribution is 2.49. The van der Waals surface area contributed by atoms with E-state index in [0.717, 1.165) is 35.6 Å². The summed E-state index contributed by atoms with van der Waals surface area (Å²) < 4.78 is 0. The van der Waals surface area contributed by atoms with Gasteiger partial charge in [0.25, 0.3) is 5.91 Å². The molecule has 2 aromatic rings. The number of hydrogen-bond donors (Lipinski definition) is 1. The highest BCUT2D eigenvalue weighted by Gasteiger charge is 2.51. The van der Waals surface area contributed by atoms with Crippen LogP contribution in [0.3, 0.4) is 0 Å². The van der Waals surface area contributed by atoms with Crippen LogP contribution < -0.4 is 5.32 Å². The Morgan fingerprint density at radius 3 is 2.34 bits per heavy atom. The Balaban J connectivity index is 1.73. The summed E-state index contributed by atoms with van der Waals surface area (Å²) in [6.45, 7) is 8.62. The van der Waals surface area contributed by atoms with Gasteiger partial charge in [0.2, 0.25) is 0 Å². The van der Waals surface area contributed by atoms with Gasteiger partial charge in [0.15, 0.2) is 0 Å². The summed E-state index contributed by atoms with van der Waals surface area (Å²) >= 11 is 0. The molecule has 1 aliphatic carbocycles. The van der Waals surface area contributed by atoms with E-state index in [1.54, 1.807) is 0 Å². The Hall–Kier alpha value is -2.13. The molecule has 1 atom stereocenters. The zero-order valence-electron chi connectivity index (χ0n) is 18.1. The fourth-order valence-electron chi connectivity index (χ4n) is 5.77. The van der Waals surface area contributed by atoms with E-state index in [0.29, 0.717) is 0 Å². The lowest BCUT2D eigenvalue weighted by Crippen LogP contribution is -2.64. The molecule has 2 aromatic carbocycles. The summed E-state index contributed by atoms with van der Waals surface area (Å²) in [6.07, 6.45) is 6.06. The number of benzene rings is 2. The summed E-state index contributed by atoms with van der Waals surface area (Å²) in [5.41, 5.74) is 4.18. The fourth-order valence-corrected chi connectivity index (χ4v) is 5.77. The molecule has 1 saturated carbocycles. The second kappa shape index (κ2) is 8.31. The van der Waals surface area contributed by atoms with Crippen molar-refractivity contribution in [1.29, 1.82) is 0 Å². The first-order chi connectivity index (χ1) is 14.0. The molecule has 0 spiro atoms. The van der Waals surface area contributed by atoms with Gasteiger partial charge in [0, 0.05) is 17.6 Å². The molecule has 3 nitrogen and oxygen atoms in total. The predicted molar refractivity (Wildman–Crippen MR) is 119 cm³/mol. The SMILES string of the molecule is CCCN1CC2CCC1([C@H](NC(=O)c1c(C)cccc1C)c1ccccc1)CC2. The van der Waals surface area contributed by atoms with Crippen LogP contribution in [-0.2, 0) is 0 Å². The first-order valence-electron chi connectivity index (χ1n) is 11.2. The van der Waals surface area contributed by atoms with Crippen LogP contribution in [0, 0.1) is 19.8 Å². The van der Waals surface area contributed by atoms with Crippen LogP contribution in [0.15, 0.2) is 48.5 Å². The number of nitrogens with zero attached hydrogens (tertiary/aromatic N) is 1. The highest BCUT2D eigenvalue weighted by molar-refractivity contribution is 5.97. The molecule has 29 heavy (non-hydrogen) atoms. The molecule has 1 amide bonds. The number of carbonyl (C=O) groups is 1. The summed E-state index contributed by atoms with van der Waals surface area (Å²) in [4.78, 5) is 16.2. The number of amides is 1. The lowest BCUT2D eigenvalue weighted by Gasteiger charge is -2.58. The minimum Gasteiger partial charge on any atom is -0.343 e. The number of aryl methyl sites for hydroxylation is 2. The third-order valence-electron chi connectivity index (χ3n) is 7.23. The van der Waals surface area contributed by atoms with E-state index < -0.39 is 0 Å². The minimum absolute atomic E-state index is 0.0167. The molecule has 0 unspecified atom stereocenters. The molecule has 2 bridgehead atoms. The molecule has 154 valence electrons. The van der Waals surface area contributed by atoms with Gasteiger partial charge in [-0.05, 0) is 75.1 Å². The average molecular weight is 391 g/mol. The Kier molecular flexibility index (Phi) is 5.78. The Labute approximate surface area is 175 Å². The van der Waals surface area contributed by atoms with Crippen molar-refractivity contribution in [1.82, 2.24) is 10.2 Å². The first kappa shape index (κ1) is 20.2. The quantitative estimate of drug-likeness (QED) is 0.713. The lowest BCUT2D eigenvalue weighted by atomic mass is 9.65. The van der Waals surface area contributed by atoms with E-state index in [1.165, 1.54) is 37.8 Å². The number of carbonyl (C=O) groups excluding carboxylic acids is 1. The van der Waals surface area contributed by atoms with Crippen molar-refractivity contribution < 1.29 is 4.79 Å². The molecule has 2 aliphatic heterocycles. The van der Waals surface area contributed by atoms with Crippen molar-refractivity contribution in [3.8, 4) is 0 Å². The van der Waals surface area contributed by atoms with E-state index in [1.807, 2.05) is 32.0 Å². The summed E-state index contributed by atoms with van der Waals surface area (Å²) in [5.74, 6) is 0.891. The van der Waals surface area contributed by atoms with Gasteiger partial charge in [-0.15, -0.1) is 0 Å². The first-order valence-corrected chi connectivity index (χ1v) is 11.2. The molecular formula is C26H34N2O. The number of nitrogens with one attached hydrogen (secondary N) is 1. The second-order valence-electron chi connectivity index (χ2n) is 9.08. The normalized spacial score (nSPS) is 25.0. The van der Waals surface area contributed by atoms with Crippen molar-refractivity contribution in [3.63, 3.8) is 0 Å². The maximum Gasteiger partial charge on any atom is 0.252 e. The minimum atomic E-state index is 0.0167. The monoisotopic (exact) mass is 390 g/mol. The van der Waals surface area contributed by atoms with E-state index >= 15 is 0 Å². The van der Waals surface area contributed by atoms with Crippen LogP contribution in [0.5, 0.6) is 0 Å². The number of piperidine rings is 2. The van der Waals surface area contributed by atoms with Crippen molar-refractivity contribution in [2.75, 3.05) is 13.1 Å². The zero-order chi connectivity index (χ0) is 20.4. The van der Waals surface area contributed by atoms with Crippen molar-refractivity contribution in [3.05, 3.63) is 70.8 Å². The number of rotatable bonds is 6. The van der Waals surface area contributed by atoms with Crippen LogP contribution in [0.25, 0.3) is 0 Å². The molecule has 1 N–H and O–H groups in total. The van der Waals surface area contributed by atoms with Gasteiger partial charge in [-0.3, -0.25) is 9.69 Å². The largest absolute Gasteiger partial charge is 0.343 e. The molecule has 2 saturated heterocycles. The maximum atomic E-state index is 13.5. The van der Waals surface area contributed by atoms with E-state index in [2.05, 4.69) is 47.5 Å². The van der Waals surface area contributed by atoms with Gasteiger partial charge in [0.05, 0.1) is 6.04 Å². The lowest BCUT2D eigenvalue weighted by molar-refractivity contribution is -0.0575. The molecule has 3 fully saturated rings. The molecule has 3 heteroatoms. The van der Waals surface area contributed by atoms with Gasteiger partial charge in [0.1, 0.15) is 0 Å². The molecular weight excluding hydrogens is 356 g/mol. The topological polar surface area (TPSA) is 32.3 Å². The Bertz CT molecular complexity index is 832. The van der Waals surface area contributed by atoms with Crippen molar-refractivity contribution in [2.24, 2.45) is 5.92 Å². The smallest absolute Gasteiger partial charge is 0.252 e. The zero-order valence-corrected chi connectivity index (χ0v) is 18.1. The molecule has 5 rings (SSSR count). The van der Waals surface area contributed by atoms with Gasteiger partial charge in [-0.25, -0.2) is 0 Å². The highest BCUT2D eigenvalue weighted by atomic mass is 16.1. The van der Waals surface area contributed by atoms with Crippen molar-refractivity contribution >= 4 is 5.91 Å². The molecule has 2 heterocycles. The van der Waals surface area contributed by atoms with E-state index in [9.17, 15) is 4.79 Å².